The Labute approximate surface area is 160 Å². The molecule has 0 fully saturated rings. The largest absolute Gasteiger partial charge is 0.454 e. The number of carbonyl (C=O) groups excluding carboxylic acids is 3. The molecule has 0 unspecified atom stereocenters. The lowest BCUT2D eigenvalue weighted by Gasteiger charge is -2.07. The Morgan fingerprint density at radius 3 is 2.46 bits per heavy atom. The second kappa shape index (κ2) is 9.94. The number of esters is 1. The summed E-state index contributed by atoms with van der Waals surface area (Å²) >= 11 is 7.14. The van der Waals surface area contributed by atoms with Crippen molar-refractivity contribution in [3.8, 4) is 0 Å². The summed E-state index contributed by atoms with van der Waals surface area (Å²) in [5.74, 6) is -1.40. The van der Waals surface area contributed by atoms with E-state index < -0.39 is 11.9 Å². The van der Waals surface area contributed by atoms with Crippen LogP contribution >= 0.6 is 22.9 Å². The van der Waals surface area contributed by atoms with Crippen molar-refractivity contribution in [1.82, 2.24) is 10.6 Å². The van der Waals surface area contributed by atoms with Crippen molar-refractivity contribution >= 4 is 40.7 Å². The standard InChI is InChI=1S/C18H19ClN2O4S/c1-12-2-7-15(26-12)18(24)21-10-17(23)25-11-16(22)20-9-8-13-3-5-14(19)6-4-13/h2-7H,8-11H2,1H3,(H,20,22)(H,21,24). The number of carbonyl (C=O) groups is 3. The van der Waals surface area contributed by atoms with Crippen molar-refractivity contribution in [2.45, 2.75) is 13.3 Å². The van der Waals surface area contributed by atoms with Crippen LogP contribution in [0.25, 0.3) is 0 Å². The number of ether oxygens (including phenoxy) is 1. The van der Waals surface area contributed by atoms with E-state index in [-0.39, 0.29) is 19.1 Å². The summed E-state index contributed by atoms with van der Waals surface area (Å²) in [7, 11) is 0. The van der Waals surface area contributed by atoms with Gasteiger partial charge in [0.25, 0.3) is 11.8 Å². The Bertz CT molecular complexity index is 774. The normalized spacial score (nSPS) is 10.2. The highest BCUT2D eigenvalue weighted by atomic mass is 35.5. The van der Waals surface area contributed by atoms with Crippen LogP contribution in [0.2, 0.25) is 5.02 Å². The maximum atomic E-state index is 11.8. The molecule has 0 aliphatic rings. The molecule has 2 amide bonds. The number of thiophene rings is 1. The Balaban J connectivity index is 1.60. The van der Waals surface area contributed by atoms with E-state index >= 15 is 0 Å². The SMILES string of the molecule is Cc1ccc(C(=O)NCC(=O)OCC(=O)NCCc2ccc(Cl)cc2)s1. The quantitative estimate of drug-likeness (QED) is 0.673. The molecule has 0 saturated heterocycles. The summed E-state index contributed by atoms with van der Waals surface area (Å²) in [5, 5.41) is 5.78. The van der Waals surface area contributed by atoms with Crippen LogP contribution in [-0.2, 0) is 20.7 Å². The Morgan fingerprint density at radius 2 is 1.81 bits per heavy atom. The minimum atomic E-state index is -0.667. The van der Waals surface area contributed by atoms with Gasteiger partial charge >= 0.3 is 5.97 Å². The Morgan fingerprint density at radius 1 is 1.08 bits per heavy atom. The molecule has 26 heavy (non-hydrogen) atoms. The van der Waals surface area contributed by atoms with Gasteiger partial charge in [-0.1, -0.05) is 23.7 Å². The van der Waals surface area contributed by atoms with E-state index in [9.17, 15) is 14.4 Å². The second-order valence-corrected chi connectivity index (χ2v) is 7.20. The number of benzene rings is 1. The van der Waals surface area contributed by atoms with E-state index in [1.54, 1.807) is 18.2 Å². The van der Waals surface area contributed by atoms with Gasteiger partial charge in [0.15, 0.2) is 6.61 Å². The summed E-state index contributed by atoms with van der Waals surface area (Å²) in [4.78, 5) is 36.6. The zero-order valence-corrected chi connectivity index (χ0v) is 15.8. The predicted molar refractivity (Wildman–Crippen MR) is 101 cm³/mol. The van der Waals surface area contributed by atoms with Crippen LogP contribution in [0.3, 0.4) is 0 Å². The first-order valence-electron chi connectivity index (χ1n) is 7.95. The third kappa shape index (κ3) is 6.85. The molecule has 1 heterocycles. The van der Waals surface area contributed by atoms with E-state index in [1.807, 2.05) is 25.1 Å². The van der Waals surface area contributed by atoms with Gasteiger partial charge in [0.05, 0.1) is 4.88 Å². The molecule has 0 atom stereocenters. The van der Waals surface area contributed by atoms with Crippen molar-refractivity contribution < 1.29 is 19.1 Å². The van der Waals surface area contributed by atoms with Crippen molar-refractivity contribution in [3.63, 3.8) is 0 Å². The van der Waals surface area contributed by atoms with Gasteiger partial charge < -0.3 is 15.4 Å². The molecule has 0 bridgehead atoms. The number of hydrogen-bond acceptors (Lipinski definition) is 5. The van der Waals surface area contributed by atoms with Crippen LogP contribution < -0.4 is 10.6 Å². The lowest BCUT2D eigenvalue weighted by atomic mass is 10.1. The molecular weight excluding hydrogens is 376 g/mol. The number of hydrogen-bond donors (Lipinski definition) is 2. The van der Waals surface area contributed by atoms with E-state index in [0.717, 1.165) is 10.4 Å². The smallest absolute Gasteiger partial charge is 0.325 e. The second-order valence-electron chi connectivity index (χ2n) is 5.48. The van der Waals surface area contributed by atoms with Crippen LogP contribution in [0.1, 0.15) is 20.1 Å². The average Bonchev–Trinajstić information content (AvgIpc) is 3.06. The van der Waals surface area contributed by atoms with Gasteiger partial charge in [0.2, 0.25) is 0 Å². The van der Waals surface area contributed by atoms with Gasteiger partial charge in [-0.25, -0.2) is 0 Å². The molecule has 6 nitrogen and oxygen atoms in total. The van der Waals surface area contributed by atoms with Gasteiger partial charge in [-0.05, 0) is 43.2 Å². The topological polar surface area (TPSA) is 84.5 Å². The zero-order valence-electron chi connectivity index (χ0n) is 14.2. The van der Waals surface area contributed by atoms with Crippen LogP contribution in [0, 0.1) is 6.92 Å². The molecule has 0 radical (unpaired) electrons. The van der Waals surface area contributed by atoms with Crippen LogP contribution in [-0.4, -0.2) is 37.5 Å². The fraction of sp³-hybridized carbons (Fsp3) is 0.278. The van der Waals surface area contributed by atoms with E-state index in [2.05, 4.69) is 10.6 Å². The first kappa shape index (κ1) is 19.9. The lowest BCUT2D eigenvalue weighted by molar-refractivity contribution is -0.147. The predicted octanol–water partition coefficient (Wildman–Crippen LogP) is 2.34. The van der Waals surface area contributed by atoms with Crippen molar-refractivity contribution in [1.29, 1.82) is 0 Å². The van der Waals surface area contributed by atoms with Crippen LogP contribution in [0.4, 0.5) is 0 Å². The molecule has 8 heteroatoms. The highest BCUT2D eigenvalue weighted by molar-refractivity contribution is 7.13. The number of amides is 2. The van der Waals surface area contributed by atoms with Crippen LogP contribution in [0.15, 0.2) is 36.4 Å². The van der Waals surface area contributed by atoms with Gasteiger partial charge in [-0.3, -0.25) is 14.4 Å². The molecule has 138 valence electrons. The fourth-order valence-corrected chi connectivity index (χ4v) is 2.95. The van der Waals surface area contributed by atoms with E-state index in [1.165, 1.54) is 11.3 Å². The van der Waals surface area contributed by atoms with Crippen LogP contribution in [0.5, 0.6) is 0 Å². The molecule has 1 aromatic heterocycles. The summed E-state index contributed by atoms with van der Waals surface area (Å²) < 4.78 is 4.83. The molecule has 0 aliphatic carbocycles. The molecule has 0 aliphatic heterocycles. The summed E-state index contributed by atoms with van der Waals surface area (Å²) in [6.45, 7) is 1.65. The minimum absolute atomic E-state index is 0.284. The molecule has 0 saturated carbocycles. The molecule has 2 rings (SSSR count). The zero-order chi connectivity index (χ0) is 18.9. The number of nitrogens with one attached hydrogen (secondary N) is 2. The Hall–Kier alpha value is -2.38. The third-order valence-corrected chi connectivity index (χ3v) is 4.62. The molecular formula is C18H19ClN2O4S. The number of aryl methyl sites for hydroxylation is 1. The molecule has 2 N–H and O–H groups in total. The molecule has 2 aromatic rings. The van der Waals surface area contributed by atoms with Gasteiger partial charge in [-0.15, -0.1) is 11.3 Å². The molecule has 0 spiro atoms. The number of halogens is 1. The highest BCUT2D eigenvalue weighted by Crippen LogP contribution is 2.14. The van der Waals surface area contributed by atoms with Gasteiger partial charge in [0.1, 0.15) is 6.54 Å². The fourth-order valence-electron chi connectivity index (χ4n) is 2.04. The average molecular weight is 395 g/mol. The summed E-state index contributed by atoms with van der Waals surface area (Å²) in [6, 6.07) is 10.8. The van der Waals surface area contributed by atoms with E-state index in [0.29, 0.717) is 22.9 Å². The van der Waals surface area contributed by atoms with Crippen molar-refractivity contribution in [2.24, 2.45) is 0 Å². The van der Waals surface area contributed by atoms with Gasteiger partial charge in [0, 0.05) is 16.4 Å². The first-order valence-corrected chi connectivity index (χ1v) is 9.15. The maximum Gasteiger partial charge on any atom is 0.325 e. The van der Waals surface area contributed by atoms with E-state index in [4.69, 9.17) is 16.3 Å². The van der Waals surface area contributed by atoms with Gasteiger partial charge in [-0.2, -0.15) is 0 Å². The van der Waals surface area contributed by atoms with Crippen molar-refractivity contribution in [3.05, 3.63) is 56.7 Å². The summed E-state index contributed by atoms with van der Waals surface area (Å²) in [6.07, 6.45) is 0.646. The minimum Gasteiger partial charge on any atom is -0.454 e. The first-order chi connectivity index (χ1) is 12.4. The monoisotopic (exact) mass is 394 g/mol. The molecule has 1 aromatic carbocycles. The highest BCUT2D eigenvalue weighted by Gasteiger charge is 2.12. The lowest BCUT2D eigenvalue weighted by Crippen LogP contribution is -2.34. The maximum absolute atomic E-state index is 11.8. The summed E-state index contributed by atoms with van der Waals surface area (Å²) in [5.41, 5.74) is 1.04. The van der Waals surface area contributed by atoms with Crippen molar-refractivity contribution in [2.75, 3.05) is 19.7 Å². The number of rotatable bonds is 8. The third-order valence-electron chi connectivity index (χ3n) is 3.37. The Kier molecular flexibility index (Phi) is 7.62.